The third-order valence-electron chi connectivity index (χ3n) is 11.1. The summed E-state index contributed by atoms with van der Waals surface area (Å²) in [5, 5.41) is 17.3. The van der Waals surface area contributed by atoms with E-state index >= 15 is 0 Å². The van der Waals surface area contributed by atoms with E-state index in [1.807, 2.05) is 42.5 Å². The normalized spacial score (nSPS) is 11.6. The van der Waals surface area contributed by atoms with Gasteiger partial charge in [0.05, 0.1) is 57.0 Å². The summed E-state index contributed by atoms with van der Waals surface area (Å²) in [6.45, 7) is 7.58. The Balaban J connectivity index is 1.08. The molecule has 254 valence electrons. The smallest absolute Gasteiger partial charge is 0.188 e. The standard InChI is InChI=1S/C50H29N5/c1-52-34-24-28-47-42(29-34)39-13-4-6-15-43(39)54(47)36-27-23-33(31-51)41(30-36)32-21-25-35(26-22-32)53-46-18-9-5-14-40(46)50-48(53)19-10-20-49(50)55-44-16-7-2-11-37(44)38-12-3-8-17-45(38)55/h2-30H. The van der Waals surface area contributed by atoms with E-state index in [1.165, 1.54) is 32.6 Å². The van der Waals surface area contributed by atoms with Crippen molar-refractivity contribution in [3.8, 4) is 34.3 Å². The third kappa shape index (κ3) is 4.45. The van der Waals surface area contributed by atoms with E-state index in [9.17, 15) is 5.26 Å². The van der Waals surface area contributed by atoms with Gasteiger partial charge < -0.3 is 13.7 Å². The molecule has 11 aromatic rings. The SMILES string of the molecule is [C-]#[N+]c1ccc2c(c1)c1ccccc1n2-c1ccc(C#N)c(-c2ccc(-n3c4ccccc4c4c(-n5c6ccccc6c6ccccc65)cccc43)cc2)c1. The number of para-hydroxylation sites is 4. The molecule has 0 saturated carbocycles. The quantitative estimate of drug-likeness (QED) is 0.169. The summed E-state index contributed by atoms with van der Waals surface area (Å²) in [4.78, 5) is 3.68. The fraction of sp³-hybridized carbons (Fsp3) is 0. The lowest BCUT2D eigenvalue weighted by Crippen LogP contribution is -1.97. The number of rotatable bonds is 4. The maximum Gasteiger partial charge on any atom is 0.188 e. The van der Waals surface area contributed by atoms with Crippen molar-refractivity contribution in [2.75, 3.05) is 0 Å². The van der Waals surface area contributed by atoms with Crippen molar-refractivity contribution in [3.05, 3.63) is 193 Å². The zero-order valence-corrected chi connectivity index (χ0v) is 29.5. The molecule has 8 aromatic carbocycles. The Hall–Kier alpha value is -7.86. The molecule has 0 radical (unpaired) electrons. The molecular weight excluding hydrogens is 671 g/mol. The van der Waals surface area contributed by atoms with Crippen LogP contribution in [-0.4, -0.2) is 13.7 Å². The molecule has 0 aliphatic heterocycles. The summed E-state index contributed by atoms with van der Waals surface area (Å²) in [5.74, 6) is 0. The van der Waals surface area contributed by atoms with Gasteiger partial charge in [-0.15, -0.1) is 0 Å². The first-order valence-corrected chi connectivity index (χ1v) is 18.3. The number of nitrogens with zero attached hydrogens (tertiary/aromatic N) is 5. The van der Waals surface area contributed by atoms with E-state index in [4.69, 9.17) is 6.57 Å². The zero-order chi connectivity index (χ0) is 36.6. The van der Waals surface area contributed by atoms with Crippen molar-refractivity contribution in [1.29, 1.82) is 5.26 Å². The lowest BCUT2D eigenvalue weighted by molar-refractivity contribution is 1.17. The second-order valence-electron chi connectivity index (χ2n) is 13.9. The van der Waals surface area contributed by atoms with Gasteiger partial charge in [-0.05, 0) is 89.8 Å². The lowest BCUT2D eigenvalue weighted by atomic mass is 9.99. The first-order valence-electron chi connectivity index (χ1n) is 18.3. The molecule has 0 aliphatic rings. The van der Waals surface area contributed by atoms with Crippen molar-refractivity contribution in [3.63, 3.8) is 0 Å². The third-order valence-corrected chi connectivity index (χ3v) is 11.1. The fourth-order valence-corrected chi connectivity index (χ4v) is 8.75. The highest BCUT2D eigenvalue weighted by Gasteiger charge is 2.20. The molecule has 0 amide bonds. The van der Waals surface area contributed by atoms with Crippen LogP contribution in [0.2, 0.25) is 0 Å². The van der Waals surface area contributed by atoms with E-state index in [2.05, 4.69) is 158 Å². The Morgan fingerprint density at radius 2 is 0.964 bits per heavy atom. The summed E-state index contributed by atoms with van der Waals surface area (Å²) in [6.07, 6.45) is 0. The number of aromatic nitrogens is 3. The van der Waals surface area contributed by atoms with Gasteiger partial charge in [0, 0.05) is 43.9 Å². The monoisotopic (exact) mass is 699 g/mol. The van der Waals surface area contributed by atoms with Crippen LogP contribution in [-0.2, 0) is 0 Å². The zero-order valence-electron chi connectivity index (χ0n) is 29.5. The first-order chi connectivity index (χ1) is 27.2. The van der Waals surface area contributed by atoms with E-state index in [0.717, 1.165) is 61.0 Å². The summed E-state index contributed by atoms with van der Waals surface area (Å²) in [7, 11) is 0. The van der Waals surface area contributed by atoms with Crippen LogP contribution in [0, 0.1) is 17.9 Å². The van der Waals surface area contributed by atoms with Gasteiger partial charge in [-0.25, -0.2) is 4.85 Å². The highest BCUT2D eigenvalue weighted by molar-refractivity contribution is 6.16. The minimum Gasteiger partial charge on any atom is -0.309 e. The molecule has 0 fully saturated rings. The number of fused-ring (bicyclic) bond motifs is 9. The molecule has 0 aliphatic carbocycles. The maximum absolute atomic E-state index is 10.3. The van der Waals surface area contributed by atoms with E-state index in [1.54, 1.807) is 0 Å². The van der Waals surface area contributed by atoms with Crippen molar-refractivity contribution < 1.29 is 0 Å². The molecular formula is C50H29N5. The van der Waals surface area contributed by atoms with Gasteiger partial charge >= 0.3 is 0 Å². The molecule has 0 unspecified atom stereocenters. The first kappa shape index (κ1) is 30.7. The fourth-order valence-electron chi connectivity index (χ4n) is 8.75. The molecule has 0 spiro atoms. The van der Waals surface area contributed by atoms with Gasteiger partial charge in [0.1, 0.15) is 0 Å². The topological polar surface area (TPSA) is 42.9 Å². The Bertz CT molecular complexity index is 3400. The van der Waals surface area contributed by atoms with Gasteiger partial charge in [-0.2, -0.15) is 5.26 Å². The molecule has 5 nitrogen and oxygen atoms in total. The summed E-state index contributed by atoms with van der Waals surface area (Å²) in [5.41, 5.74) is 12.9. The number of benzene rings is 8. The highest BCUT2D eigenvalue weighted by Crippen LogP contribution is 2.41. The van der Waals surface area contributed by atoms with E-state index in [-0.39, 0.29) is 0 Å². The molecule has 3 aromatic heterocycles. The van der Waals surface area contributed by atoms with Crippen LogP contribution in [0.4, 0.5) is 5.69 Å². The molecule has 5 heteroatoms. The lowest BCUT2D eigenvalue weighted by Gasteiger charge is -2.13. The van der Waals surface area contributed by atoms with Gasteiger partial charge in [0.25, 0.3) is 0 Å². The molecule has 55 heavy (non-hydrogen) atoms. The Labute approximate surface area is 316 Å². The molecule has 0 N–H and O–H groups in total. The number of nitriles is 1. The predicted molar refractivity (Wildman–Crippen MR) is 226 cm³/mol. The summed E-state index contributed by atoms with van der Waals surface area (Å²) < 4.78 is 6.98. The van der Waals surface area contributed by atoms with Gasteiger partial charge in [0.2, 0.25) is 0 Å². The van der Waals surface area contributed by atoms with Crippen LogP contribution in [0.25, 0.3) is 98.5 Å². The summed E-state index contributed by atoms with van der Waals surface area (Å²) in [6, 6.07) is 63.7. The molecule has 3 heterocycles. The second-order valence-corrected chi connectivity index (χ2v) is 13.9. The van der Waals surface area contributed by atoms with Crippen LogP contribution >= 0.6 is 0 Å². The van der Waals surface area contributed by atoms with Crippen LogP contribution < -0.4 is 0 Å². The van der Waals surface area contributed by atoms with Gasteiger partial charge in [-0.3, -0.25) is 0 Å². The van der Waals surface area contributed by atoms with Crippen LogP contribution in [0.1, 0.15) is 5.56 Å². The minimum absolute atomic E-state index is 0.611. The van der Waals surface area contributed by atoms with Crippen LogP contribution in [0.3, 0.4) is 0 Å². The van der Waals surface area contributed by atoms with Gasteiger partial charge in [0.15, 0.2) is 5.69 Å². The van der Waals surface area contributed by atoms with E-state index in [0.29, 0.717) is 11.3 Å². The molecule has 0 atom stereocenters. The van der Waals surface area contributed by atoms with Crippen molar-refractivity contribution in [2.45, 2.75) is 0 Å². The van der Waals surface area contributed by atoms with Crippen molar-refractivity contribution in [2.24, 2.45) is 0 Å². The number of hydrogen-bond donors (Lipinski definition) is 0. The second kappa shape index (κ2) is 11.8. The van der Waals surface area contributed by atoms with Crippen molar-refractivity contribution >= 4 is 71.1 Å². The average molecular weight is 700 g/mol. The van der Waals surface area contributed by atoms with E-state index < -0.39 is 0 Å². The Kier molecular flexibility index (Phi) is 6.61. The molecule has 11 rings (SSSR count). The minimum atomic E-state index is 0.611. The van der Waals surface area contributed by atoms with Crippen LogP contribution in [0.15, 0.2) is 176 Å². The highest BCUT2D eigenvalue weighted by atomic mass is 15.0. The van der Waals surface area contributed by atoms with Crippen LogP contribution in [0.5, 0.6) is 0 Å². The molecule has 0 saturated heterocycles. The van der Waals surface area contributed by atoms with Crippen molar-refractivity contribution in [1.82, 2.24) is 13.7 Å². The molecule has 0 bridgehead atoms. The summed E-state index contributed by atoms with van der Waals surface area (Å²) >= 11 is 0. The van der Waals surface area contributed by atoms with Gasteiger partial charge in [-0.1, -0.05) is 97.1 Å². The predicted octanol–water partition coefficient (Wildman–Crippen LogP) is 13.1. The number of hydrogen-bond acceptors (Lipinski definition) is 1. The maximum atomic E-state index is 10.3. The largest absolute Gasteiger partial charge is 0.309 e. The average Bonchev–Trinajstić information content (AvgIpc) is 3.89. The Morgan fingerprint density at radius 3 is 1.62 bits per heavy atom. The Morgan fingerprint density at radius 1 is 0.436 bits per heavy atom.